The van der Waals surface area contributed by atoms with Crippen LogP contribution in [0.3, 0.4) is 0 Å². The maximum absolute atomic E-state index is 12.8. The van der Waals surface area contributed by atoms with Crippen LogP contribution in [0.4, 0.5) is 0 Å². The smallest absolute Gasteiger partial charge is 0.246 e. The summed E-state index contributed by atoms with van der Waals surface area (Å²) in [5, 5.41) is 4.14. The molecule has 1 atom stereocenters. The maximum atomic E-state index is 12.8. The summed E-state index contributed by atoms with van der Waals surface area (Å²) in [6.45, 7) is 6.48. The molecule has 0 amide bonds. The summed E-state index contributed by atoms with van der Waals surface area (Å²) in [5.41, 5.74) is 2.35. The number of aromatic nitrogens is 4. The molecule has 2 aromatic heterocycles. The van der Waals surface area contributed by atoms with Crippen molar-refractivity contribution in [1.82, 2.24) is 24.1 Å². The molecule has 1 aliphatic heterocycles. The largest absolute Gasteiger partial charge is 0.274 e. The summed E-state index contributed by atoms with van der Waals surface area (Å²) in [7, 11) is -1.79. The van der Waals surface area contributed by atoms with Gasteiger partial charge in [-0.15, -0.1) is 0 Å². The van der Waals surface area contributed by atoms with Crippen molar-refractivity contribution in [3.8, 4) is 0 Å². The van der Waals surface area contributed by atoms with Crippen LogP contribution in [0, 0.1) is 20.8 Å². The first kappa shape index (κ1) is 16.1. The Labute approximate surface area is 136 Å². The van der Waals surface area contributed by atoms with Crippen LogP contribution in [-0.4, -0.2) is 45.6 Å². The fourth-order valence-corrected chi connectivity index (χ4v) is 4.76. The van der Waals surface area contributed by atoms with Crippen LogP contribution in [0.25, 0.3) is 0 Å². The van der Waals surface area contributed by atoms with Crippen molar-refractivity contribution >= 4 is 10.0 Å². The van der Waals surface area contributed by atoms with Crippen molar-refractivity contribution in [2.75, 3.05) is 13.1 Å². The summed E-state index contributed by atoms with van der Waals surface area (Å²) in [5.74, 6) is 0.781. The summed E-state index contributed by atoms with van der Waals surface area (Å²) in [6, 6.07) is 1.92. The Balaban J connectivity index is 1.86. The van der Waals surface area contributed by atoms with E-state index in [4.69, 9.17) is 0 Å². The molecule has 0 aliphatic carbocycles. The molecule has 3 heterocycles. The molecule has 0 bridgehead atoms. The van der Waals surface area contributed by atoms with E-state index in [0.717, 1.165) is 23.6 Å². The van der Waals surface area contributed by atoms with Gasteiger partial charge in [-0.3, -0.25) is 4.68 Å². The highest BCUT2D eigenvalue weighted by Crippen LogP contribution is 2.30. The van der Waals surface area contributed by atoms with Gasteiger partial charge in [0, 0.05) is 43.6 Å². The Morgan fingerprint density at radius 2 is 1.83 bits per heavy atom. The number of aryl methyl sites for hydroxylation is 4. The molecule has 7 nitrogen and oxygen atoms in total. The Morgan fingerprint density at radius 3 is 2.39 bits per heavy atom. The van der Waals surface area contributed by atoms with Gasteiger partial charge in [0.15, 0.2) is 0 Å². The average molecular weight is 335 g/mol. The van der Waals surface area contributed by atoms with Gasteiger partial charge in [0.25, 0.3) is 0 Å². The topological polar surface area (TPSA) is 81.0 Å². The molecule has 0 spiro atoms. The van der Waals surface area contributed by atoms with Gasteiger partial charge in [0.2, 0.25) is 10.0 Å². The first-order valence-corrected chi connectivity index (χ1v) is 9.04. The number of hydrogen-bond acceptors (Lipinski definition) is 5. The molecule has 1 fully saturated rings. The van der Waals surface area contributed by atoms with E-state index in [1.807, 2.05) is 19.9 Å². The number of sulfonamides is 1. The second-order valence-electron chi connectivity index (χ2n) is 6.11. The van der Waals surface area contributed by atoms with Crippen molar-refractivity contribution in [2.45, 2.75) is 38.0 Å². The Kier molecular flexibility index (Phi) is 3.97. The minimum absolute atomic E-state index is 0.0420. The van der Waals surface area contributed by atoms with E-state index in [2.05, 4.69) is 15.1 Å². The number of hydrogen-bond donors (Lipinski definition) is 0. The Morgan fingerprint density at radius 1 is 1.17 bits per heavy atom. The Bertz CT molecular complexity index is 823. The molecule has 8 heteroatoms. The van der Waals surface area contributed by atoms with Crippen molar-refractivity contribution in [3.05, 3.63) is 35.2 Å². The summed E-state index contributed by atoms with van der Waals surface area (Å²) in [6.07, 6.45) is 2.30. The van der Waals surface area contributed by atoms with Crippen molar-refractivity contribution in [3.63, 3.8) is 0 Å². The molecule has 3 rings (SSSR count). The van der Waals surface area contributed by atoms with Crippen LogP contribution >= 0.6 is 0 Å². The number of rotatable bonds is 3. The lowest BCUT2D eigenvalue weighted by Gasteiger charge is -2.16. The van der Waals surface area contributed by atoms with E-state index in [1.54, 1.807) is 20.2 Å². The van der Waals surface area contributed by atoms with Crippen LogP contribution in [0.1, 0.15) is 35.2 Å². The highest BCUT2D eigenvalue weighted by molar-refractivity contribution is 7.89. The fraction of sp³-hybridized carbons (Fsp3) is 0.533. The molecule has 23 heavy (non-hydrogen) atoms. The zero-order valence-electron chi connectivity index (χ0n) is 13.8. The highest BCUT2D eigenvalue weighted by Gasteiger charge is 2.36. The predicted octanol–water partition coefficient (Wildman–Crippen LogP) is 1.31. The summed E-state index contributed by atoms with van der Waals surface area (Å²) in [4.78, 5) is 9.24. The minimum Gasteiger partial charge on any atom is -0.274 e. The van der Waals surface area contributed by atoms with Gasteiger partial charge in [-0.05, 0) is 33.3 Å². The van der Waals surface area contributed by atoms with Crippen LogP contribution in [-0.2, 0) is 17.1 Å². The van der Waals surface area contributed by atoms with Gasteiger partial charge < -0.3 is 0 Å². The van der Waals surface area contributed by atoms with Crippen molar-refractivity contribution in [2.24, 2.45) is 7.05 Å². The average Bonchev–Trinajstić information content (AvgIpc) is 3.05. The molecule has 1 aliphatic rings. The molecule has 124 valence electrons. The van der Waals surface area contributed by atoms with Crippen molar-refractivity contribution < 1.29 is 8.42 Å². The highest BCUT2D eigenvalue weighted by atomic mass is 32.2. The lowest BCUT2D eigenvalue weighted by Crippen LogP contribution is -2.29. The fourth-order valence-electron chi connectivity index (χ4n) is 3.06. The van der Waals surface area contributed by atoms with Gasteiger partial charge >= 0.3 is 0 Å². The zero-order valence-corrected chi connectivity index (χ0v) is 14.6. The van der Waals surface area contributed by atoms with E-state index in [0.29, 0.717) is 18.8 Å². The van der Waals surface area contributed by atoms with Crippen LogP contribution in [0.5, 0.6) is 0 Å². The first-order valence-electron chi connectivity index (χ1n) is 7.60. The molecule has 2 aromatic rings. The second kappa shape index (κ2) is 5.68. The molecule has 0 unspecified atom stereocenters. The Hall–Kier alpha value is -1.80. The van der Waals surface area contributed by atoms with E-state index >= 15 is 0 Å². The standard InChI is InChI=1S/C15H21N5O2S/c1-10-7-11(2)17-15(16-10)13-5-6-20(8-13)23(21,22)14-9-19(4)18-12(14)3/h7,9,13H,5-6,8H2,1-4H3/t13-/m1/s1. The van der Waals surface area contributed by atoms with Gasteiger partial charge in [-0.25, -0.2) is 18.4 Å². The summed E-state index contributed by atoms with van der Waals surface area (Å²) < 4.78 is 28.7. The lowest BCUT2D eigenvalue weighted by atomic mass is 10.1. The molecule has 0 N–H and O–H groups in total. The van der Waals surface area contributed by atoms with Crippen molar-refractivity contribution in [1.29, 1.82) is 0 Å². The second-order valence-corrected chi connectivity index (χ2v) is 8.02. The number of nitrogens with zero attached hydrogens (tertiary/aromatic N) is 5. The minimum atomic E-state index is -3.52. The molecule has 1 saturated heterocycles. The summed E-state index contributed by atoms with van der Waals surface area (Å²) >= 11 is 0. The van der Waals surface area contributed by atoms with Gasteiger partial charge in [0.1, 0.15) is 10.7 Å². The van der Waals surface area contributed by atoms with E-state index in [-0.39, 0.29) is 10.8 Å². The normalized spacial score (nSPS) is 19.4. The third-order valence-corrected chi connectivity index (χ3v) is 6.07. The van der Waals surface area contributed by atoms with Gasteiger partial charge in [0.05, 0.1) is 5.69 Å². The van der Waals surface area contributed by atoms with Crippen LogP contribution in [0.2, 0.25) is 0 Å². The molecular formula is C15H21N5O2S. The van der Waals surface area contributed by atoms with E-state index in [1.165, 1.54) is 8.99 Å². The maximum Gasteiger partial charge on any atom is 0.246 e. The zero-order chi connectivity index (χ0) is 16.8. The monoisotopic (exact) mass is 335 g/mol. The third-order valence-electron chi connectivity index (χ3n) is 4.10. The lowest BCUT2D eigenvalue weighted by molar-refractivity contribution is 0.470. The molecule has 0 radical (unpaired) electrons. The van der Waals surface area contributed by atoms with Crippen LogP contribution in [0.15, 0.2) is 17.2 Å². The SMILES string of the molecule is Cc1cc(C)nc([C@@H]2CCN(S(=O)(=O)c3cn(C)nc3C)C2)n1. The third kappa shape index (κ3) is 3.00. The van der Waals surface area contributed by atoms with Gasteiger partial charge in [-0.2, -0.15) is 9.40 Å². The molecule has 0 aromatic carbocycles. The molecular weight excluding hydrogens is 314 g/mol. The quantitative estimate of drug-likeness (QED) is 0.845. The van der Waals surface area contributed by atoms with Gasteiger partial charge in [-0.1, -0.05) is 0 Å². The first-order chi connectivity index (χ1) is 10.8. The van der Waals surface area contributed by atoms with E-state index < -0.39 is 10.0 Å². The van der Waals surface area contributed by atoms with E-state index in [9.17, 15) is 8.42 Å². The molecule has 0 saturated carbocycles. The van der Waals surface area contributed by atoms with Crippen LogP contribution < -0.4 is 0 Å². The predicted molar refractivity (Wildman–Crippen MR) is 85.6 cm³/mol.